The molecule has 0 atom stereocenters. The van der Waals surface area contributed by atoms with Gasteiger partial charge in [-0.05, 0) is 36.1 Å². The average molecular weight is 207 g/mol. The number of benzene rings is 2. The summed E-state index contributed by atoms with van der Waals surface area (Å²) in [4.78, 5) is 0. The zero-order valence-corrected chi connectivity index (χ0v) is 9.48. The van der Waals surface area contributed by atoms with Gasteiger partial charge in [0.05, 0.1) is 0 Å². The molecule has 0 heteroatoms. The van der Waals surface area contributed by atoms with E-state index in [0.29, 0.717) is 0 Å². The quantitative estimate of drug-likeness (QED) is 0.676. The van der Waals surface area contributed by atoms with Crippen LogP contribution in [-0.4, -0.2) is 0 Å². The first-order valence-electron chi connectivity index (χ1n) is 5.45. The van der Waals surface area contributed by atoms with Crippen molar-refractivity contribution in [1.82, 2.24) is 0 Å². The van der Waals surface area contributed by atoms with Gasteiger partial charge in [0.1, 0.15) is 0 Å². The van der Waals surface area contributed by atoms with Gasteiger partial charge in [-0.2, -0.15) is 0 Å². The van der Waals surface area contributed by atoms with Crippen molar-refractivity contribution in [3.63, 3.8) is 0 Å². The lowest BCUT2D eigenvalue weighted by Crippen LogP contribution is -1.82. The fourth-order valence-electron chi connectivity index (χ4n) is 1.77. The van der Waals surface area contributed by atoms with Crippen LogP contribution in [0.4, 0.5) is 0 Å². The molecule has 2 rings (SSSR count). The summed E-state index contributed by atoms with van der Waals surface area (Å²) in [5, 5.41) is 0. The van der Waals surface area contributed by atoms with Crippen LogP contribution < -0.4 is 0 Å². The molecule has 0 saturated carbocycles. The van der Waals surface area contributed by atoms with Crippen LogP contribution in [0.5, 0.6) is 0 Å². The fourth-order valence-corrected chi connectivity index (χ4v) is 1.77. The minimum atomic E-state index is 1.05. The standard InChI is InChI=1S/C16H15/c1-3-6-14-7-4-5-8-16(14)15-11-9-13(2)10-12-15/h3-12H,2H2,1H3. The van der Waals surface area contributed by atoms with E-state index < -0.39 is 0 Å². The molecule has 0 bridgehead atoms. The summed E-state index contributed by atoms with van der Waals surface area (Å²) in [6, 6.07) is 16.7. The highest BCUT2D eigenvalue weighted by Crippen LogP contribution is 2.24. The van der Waals surface area contributed by atoms with Crippen LogP contribution in [0.2, 0.25) is 0 Å². The van der Waals surface area contributed by atoms with Gasteiger partial charge in [0, 0.05) is 0 Å². The molecule has 0 aromatic heterocycles. The molecular formula is C16H15. The molecule has 0 fully saturated rings. The fraction of sp³-hybridized carbons (Fsp3) is 0.0625. The van der Waals surface area contributed by atoms with E-state index in [9.17, 15) is 0 Å². The predicted molar refractivity (Wildman–Crippen MR) is 71.0 cm³/mol. The molecule has 0 saturated heterocycles. The molecule has 1 radical (unpaired) electrons. The molecule has 2 aromatic carbocycles. The Bertz CT molecular complexity index is 490. The number of hydrogen-bond acceptors (Lipinski definition) is 0. The van der Waals surface area contributed by atoms with Crippen LogP contribution >= 0.6 is 0 Å². The molecule has 0 aliphatic heterocycles. The molecule has 2 aromatic rings. The number of rotatable bonds is 2. The molecule has 79 valence electrons. The minimum Gasteiger partial charge on any atom is -0.0870 e. The van der Waals surface area contributed by atoms with E-state index in [-0.39, 0.29) is 0 Å². The normalized spacial score (nSPS) is 10.9. The summed E-state index contributed by atoms with van der Waals surface area (Å²) in [6.45, 7) is 5.94. The van der Waals surface area contributed by atoms with Gasteiger partial charge in [-0.3, -0.25) is 0 Å². The van der Waals surface area contributed by atoms with Gasteiger partial charge in [0.25, 0.3) is 0 Å². The lowest BCUT2D eigenvalue weighted by Gasteiger charge is -2.06. The minimum absolute atomic E-state index is 1.05. The average Bonchev–Trinajstić information content (AvgIpc) is 2.32. The van der Waals surface area contributed by atoms with E-state index in [1.54, 1.807) is 0 Å². The maximum absolute atomic E-state index is 3.90. The Balaban J connectivity index is 2.51. The van der Waals surface area contributed by atoms with Crippen molar-refractivity contribution in [2.45, 2.75) is 6.92 Å². The van der Waals surface area contributed by atoms with Gasteiger partial charge in [-0.15, -0.1) is 0 Å². The third kappa shape index (κ3) is 2.22. The maximum atomic E-state index is 3.90. The molecule has 0 aliphatic carbocycles. The third-order valence-electron chi connectivity index (χ3n) is 2.57. The molecule has 0 spiro atoms. The van der Waals surface area contributed by atoms with E-state index in [1.165, 1.54) is 16.7 Å². The first kappa shape index (κ1) is 10.7. The molecule has 16 heavy (non-hydrogen) atoms. The van der Waals surface area contributed by atoms with Crippen molar-refractivity contribution in [3.05, 3.63) is 72.7 Å². The van der Waals surface area contributed by atoms with Crippen LogP contribution in [0.3, 0.4) is 0 Å². The lowest BCUT2D eigenvalue weighted by atomic mass is 9.99. The Kier molecular flexibility index (Phi) is 3.21. The van der Waals surface area contributed by atoms with Crippen molar-refractivity contribution < 1.29 is 0 Å². The molecule has 0 aliphatic rings. The van der Waals surface area contributed by atoms with Gasteiger partial charge in [-0.25, -0.2) is 0 Å². The smallest absolute Gasteiger partial charge is 0.0112 e. The van der Waals surface area contributed by atoms with Crippen LogP contribution in [0.1, 0.15) is 18.1 Å². The van der Waals surface area contributed by atoms with Crippen molar-refractivity contribution in [1.29, 1.82) is 0 Å². The van der Waals surface area contributed by atoms with Gasteiger partial charge in [-0.1, -0.05) is 60.7 Å². The molecule has 0 N–H and O–H groups in total. The molecular weight excluding hydrogens is 192 g/mol. The molecule has 0 nitrogen and oxygen atoms in total. The second kappa shape index (κ2) is 4.80. The van der Waals surface area contributed by atoms with Gasteiger partial charge in [0.2, 0.25) is 0 Å². The maximum Gasteiger partial charge on any atom is -0.0112 e. The topological polar surface area (TPSA) is 0 Å². The summed E-state index contributed by atoms with van der Waals surface area (Å²) >= 11 is 0. The second-order valence-corrected chi connectivity index (χ2v) is 3.78. The third-order valence-corrected chi connectivity index (χ3v) is 2.57. The van der Waals surface area contributed by atoms with Crippen molar-refractivity contribution in [2.24, 2.45) is 0 Å². The van der Waals surface area contributed by atoms with E-state index in [4.69, 9.17) is 0 Å². The van der Waals surface area contributed by atoms with Gasteiger partial charge in [0.15, 0.2) is 0 Å². The van der Waals surface area contributed by atoms with E-state index >= 15 is 0 Å². The highest BCUT2D eigenvalue weighted by Gasteiger charge is 2.00. The monoisotopic (exact) mass is 207 g/mol. The van der Waals surface area contributed by atoms with Crippen LogP contribution in [0.15, 0.2) is 54.6 Å². The molecule has 0 heterocycles. The first-order valence-corrected chi connectivity index (χ1v) is 5.45. The number of hydrogen-bond donors (Lipinski definition) is 0. The van der Waals surface area contributed by atoms with Crippen molar-refractivity contribution >= 4 is 6.08 Å². The summed E-state index contributed by atoms with van der Waals surface area (Å²) in [5.74, 6) is 0. The largest absolute Gasteiger partial charge is 0.0870 e. The summed E-state index contributed by atoms with van der Waals surface area (Å²) in [6.07, 6.45) is 4.20. The Morgan fingerprint density at radius 1 is 0.938 bits per heavy atom. The lowest BCUT2D eigenvalue weighted by molar-refractivity contribution is 1.56. The SMILES string of the molecule is [CH2]c1ccc(-c2ccccc2C=CC)cc1. The summed E-state index contributed by atoms with van der Waals surface area (Å²) in [7, 11) is 0. The van der Waals surface area contributed by atoms with Gasteiger partial charge < -0.3 is 0 Å². The predicted octanol–water partition coefficient (Wildman–Crippen LogP) is 4.57. The van der Waals surface area contributed by atoms with Crippen LogP contribution in [-0.2, 0) is 0 Å². The highest BCUT2D eigenvalue weighted by molar-refractivity contribution is 5.75. The highest BCUT2D eigenvalue weighted by atomic mass is 14.0. The van der Waals surface area contributed by atoms with Gasteiger partial charge >= 0.3 is 0 Å². The Morgan fingerprint density at radius 2 is 1.62 bits per heavy atom. The first-order chi connectivity index (χ1) is 7.81. The Labute approximate surface area is 97.3 Å². The second-order valence-electron chi connectivity index (χ2n) is 3.78. The van der Waals surface area contributed by atoms with Crippen LogP contribution in [0.25, 0.3) is 17.2 Å². The van der Waals surface area contributed by atoms with Crippen LogP contribution in [0, 0.1) is 6.92 Å². The summed E-state index contributed by atoms with van der Waals surface area (Å²) in [5.41, 5.74) is 4.80. The Hall–Kier alpha value is -1.82. The molecule has 0 amide bonds. The number of allylic oxidation sites excluding steroid dienone is 1. The Morgan fingerprint density at radius 3 is 2.31 bits per heavy atom. The summed E-state index contributed by atoms with van der Waals surface area (Å²) < 4.78 is 0. The van der Waals surface area contributed by atoms with Crippen molar-refractivity contribution in [2.75, 3.05) is 0 Å². The van der Waals surface area contributed by atoms with E-state index in [1.807, 2.05) is 19.1 Å². The molecule has 0 unspecified atom stereocenters. The zero-order chi connectivity index (χ0) is 11.4. The van der Waals surface area contributed by atoms with Crippen molar-refractivity contribution in [3.8, 4) is 11.1 Å². The zero-order valence-electron chi connectivity index (χ0n) is 9.48. The van der Waals surface area contributed by atoms with E-state index in [2.05, 4.69) is 55.5 Å². The van der Waals surface area contributed by atoms with E-state index in [0.717, 1.165) is 5.56 Å².